The number of aromatic nitrogens is 1. The van der Waals surface area contributed by atoms with Crippen LogP contribution >= 0.6 is 11.8 Å². The average molecular weight is 453 g/mol. The quantitative estimate of drug-likeness (QED) is 0.388. The van der Waals surface area contributed by atoms with Crippen molar-refractivity contribution >= 4 is 28.8 Å². The topological polar surface area (TPSA) is 63.8 Å². The molecule has 3 aromatic rings. The van der Waals surface area contributed by atoms with E-state index in [1.165, 1.54) is 16.0 Å². The van der Waals surface area contributed by atoms with Crippen molar-refractivity contribution in [3.63, 3.8) is 0 Å². The zero-order chi connectivity index (χ0) is 22.2. The summed E-state index contributed by atoms with van der Waals surface area (Å²) in [6.07, 6.45) is 4.06. The highest BCUT2D eigenvalue weighted by molar-refractivity contribution is 7.98. The maximum atomic E-state index is 12.2. The highest BCUT2D eigenvalue weighted by Gasteiger charge is 2.35. The van der Waals surface area contributed by atoms with Gasteiger partial charge in [0.1, 0.15) is 5.75 Å². The Morgan fingerprint density at radius 2 is 2.16 bits per heavy atom. The van der Waals surface area contributed by atoms with Gasteiger partial charge in [0.2, 0.25) is 0 Å². The minimum atomic E-state index is -0.672. The molecule has 2 aliphatic heterocycles. The first kappa shape index (κ1) is 21.2. The number of nitrogens with one attached hydrogen (secondary N) is 1. The minimum absolute atomic E-state index is 0.0944. The fourth-order valence-electron chi connectivity index (χ4n) is 4.77. The lowest BCUT2D eigenvalue weighted by Crippen LogP contribution is -2.40. The Morgan fingerprint density at radius 3 is 2.94 bits per heavy atom. The van der Waals surface area contributed by atoms with Crippen LogP contribution in [-0.4, -0.2) is 35.4 Å². The Bertz CT molecular complexity index is 1170. The van der Waals surface area contributed by atoms with E-state index >= 15 is 0 Å². The SMILES string of the molecule is CCCc1[nH]c2ccc3c(c2c1OC(=O)OCC)CN1CCc2cc(SC)ccc2C1O3. The Kier molecular flexibility index (Phi) is 5.78. The summed E-state index contributed by atoms with van der Waals surface area (Å²) < 4.78 is 17.3. The van der Waals surface area contributed by atoms with Crippen LogP contribution in [0.1, 0.15) is 48.9 Å². The zero-order valence-corrected chi connectivity index (χ0v) is 19.5. The van der Waals surface area contributed by atoms with E-state index in [0.29, 0.717) is 5.75 Å². The summed E-state index contributed by atoms with van der Waals surface area (Å²) in [4.78, 5) is 19.3. The molecule has 168 valence electrons. The summed E-state index contributed by atoms with van der Waals surface area (Å²) in [7, 11) is 0. The van der Waals surface area contributed by atoms with E-state index in [1.807, 2.05) is 12.1 Å². The molecule has 3 heterocycles. The van der Waals surface area contributed by atoms with Crippen LogP contribution in [0.3, 0.4) is 0 Å². The van der Waals surface area contributed by atoms with Gasteiger partial charge in [-0.05, 0) is 55.9 Å². The van der Waals surface area contributed by atoms with Crippen molar-refractivity contribution in [2.45, 2.75) is 50.8 Å². The second kappa shape index (κ2) is 8.71. The summed E-state index contributed by atoms with van der Waals surface area (Å²) in [5, 5.41) is 0.918. The Hall–Kier alpha value is -2.64. The second-order valence-electron chi connectivity index (χ2n) is 8.19. The Balaban J connectivity index is 1.57. The van der Waals surface area contributed by atoms with E-state index in [9.17, 15) is 4.79 Å². The molecule has 0 radical (unpaired) electrons. The number of nitrogens with zero attached hydrogens (tertiary/aromatic N) is 1. The molecular formula is C25H28N2O4S. The molecule has 0 fully saturated rings. The number of carbonyl (C=O) groups is 1. The van der Waals surface area contributed by atoms with E-state index in [4.69, 9.17) is 14.2 Å². The van der Waals surface area contributed by atoms with Gasteiger partial charge in [0.25, 0.3) is 0 Å². The Labute approximate surface area is 192 Å². The highest BCUT2D eigenvalue weighted by Crippen LogP contribution is 2.45. The van der Waals surface area contributed by atoms with Gasteiger partial charge in [-0.3, -0.25) is 4.90 Å². The first-order valence-corrected chi connectivity index (χ1v) is 12.4. The van der Waals surface area contributed by atoms with E-state index in [0.717, 1.165) is 60.3 Å². The average Bonchev–Trinajstić information content (AvgIpc) is 3.15. The summed E-state index contributed by atoms with van der Waals surface area (Å²) in [6.45, 7) is 5.82. The normalized spacial score (nSPS) is 17.3. The van der Waals surface area contributed by atoms with Crippen LogP contribution in [0.2, 0.25) is 0 Å². The number of ether oxygens (including phenoxy) is 3. The number of rotatable bonds is 5. The number of benzene rings is 2. The van der Waals surface area contributed by atoms with E-state index < -0.39 is 6.16 Å². The van der Waals surface area contributed by atoms with Gasteiger partial charge in [0.05, 0.1) is 23.2 Å². The number of H-pyrrole nitrogens is 1. The van der Waals surface area contributed by atoms with Crippen molar-refractivity contribution in [1.82, 2.24) is 9.88 Å². The van der Waals surface area contributed by atoms with Crippen molar-refractivity contribution in [2.75, 3.05) is 19.4 Å². The molecule has 0 saturated heterocycles. The summed E-state index contributed by atoms with van der Waals surface area (Å²) in [5.74, 6) is 1.41. The van der Waals surface area contributed by atoms with E-state index in [1.54, 1.807) is 18.7 Å². The highest BCUT2D eigenvalue weighted by atomic mass is 32.2. The van der Waals surface area contributed by atoms with Gasteiger partial charge in [0.15, 0.2) is 12.0 Å². The largest absolute Gasteiger partial charge is 0.513 e. The smallest absolute Gasteiger partial charge is 0.471 e. The molecule has 7 heteroatoms. The molecule has 0 bridgehead atoms. The molecule has 0 spiro atoms. The van der Waals surface area contributed by atoms with E-state index in [2.05, 4.69) is 41.3 Å². The fourth-order valence-corrected chi connectivity index (χ4v) is 5.23. The summed E-state index contributed by atoms with van der Waals surface area (Å²) in [5.41, 5.74) is 5.53. The molecule has 0 aliphatic carbocycles. The van der Waals surface area contributed by atoms with Gasteiger partial charge in [-0.25, -0.2) is 4.79 Å². The predicted molar refractivity (Wildman–Crippen MR) is 126 cm³/mol. The van der Waals surface area contributed by atoms with Gasteiger partial charge in [-0.2, -0.15) is 0 Å². The van der Waals surface area contributed by atoms with Crippen LogP contribution < -0.4 is 9.47 Å². The molecule has 0 saturated carbocycles. The molecule has 1 N–H and O–H groups in total. The van der Waals surface area contributed by atoms with Crippen LogP contribution in [0.15, 0.2) is 35.2 Å². The fraction of sp³-hybridized carbons (Fsp3) is 0.400. The molecule has 2 aliphatic rings. The maximum Gasteiger partial charge on any atom is 0.513 e. The number of fused-ring (bicyclic) bond motifs is 6. The second-order valence-corrected chi connectivity index (χ2v) is 9.07. The molecule has 1 aromatic heterocycles. The Morgan fingerprint density at radius 1 is 1.28 bits per heavy atom. The van der Waals surface area contributed by atoms with Crippen molar-refractivity contribution in [2.24, 2.45) is 0 Å². The van der Waals surface area contributed by atoms with Gasteiger partial charge in [-0.15, -0.1) is 11.8 Å². The molecule has 1 atom stereocenters. The molecule has 32 heavy (non-hydrogen) atoms. The number of aryl methyl sites for hydroxylation is 1. The van der Waals surface area contributed by atoms with Crippen LogP contribution in [0.5, 0.6) is 11.5 Å². The van der Waals surface area contributed by atoms with Crippen LogP contribution in [0, 0.1) is 0 Å². The number of hydrogen-bond acceptors (Lipinski definition) is 6. The molecule has 0 amide bonds. The first-order chi connectivity index (χ1) is 15.6. The van der Waals surface area contributed by atoms with Crippen molar-refractivity contribution in [3.8, 4) is 11.5 Å². The number of carbonyl (C=O) groups excluding carboxylic acids is 1. The number of hydrogen-bond donors (Lipinski definition) is 1. The lowest BCUT2D eigenvalue weighted by atomic mass is 9.95. The third-order valence-corrected chi connectivity index (χ3v) is 6.95. The standard InChI is InChI=1S/C25H28N2O4S/c1-4-6-20-23(31-25(28)29-5-2)22-18-14-27-12-11-15-13-16(32-3)7-8-17(15)24(27)30-21(18)10-9-19(22)26-20/h7-10,13,24,26H,4-6,11-12,14H2,1-3H3. The van der Waals surface area contributed by atoms with E-state index in [-0.39, 0.29) is 12.8 Å². The summed E-state index contributed by atoms with van der Waals surface area (Å²) >= 11 is 1.77. The molecular weight excluding hydrogens is 424 g/mol. The zero-order valence-electron chi connectivity index (χ0n) is 18.7. The third kappa shape index (κ3) is 3.63. The molecule has 5 rings (SSSR count). The van der Waals surface area contributed by atoms with Crippen LogP contribution in [0.4, 0.5) is 4.79 Å². The van der Waals surface area contributed by atoms with Gasteiger partial charge >= 0.3 is 6.16 Å². The third-order valence-electron chi connectivity index (χ3n) is 6.22. The van der Waals surface area contributed by atoms with Gasteiger partial charge in [0, 0.05) is 29.1 Å². The van der Waals surface area contributed by atoms with Crippen molar-refractivity contribution in [3.05, 3.63) is 52.7 Å². The number of thioether (sulfide) groups is 1. The minimum Gasteiger partial charge on any atom is -0.471 e. The van der Waals surface area contributed by atoms with Crippen LogP contribution in [0.25, 0.3) is 10.9 Å². The van der Waals surface area contributed by atoms with Crippen molar-refractivity contribution in [1.29, 1.82) is 0 Å². The maximum absolute atomic E-state index is 12.2. The summed E-state index contributed by atoms with van der Waals surface area (Å²) in [6, 6.07) is 10.7. The van der Waals surface area contributed by atoms with Crippen LogP contribution in [-0.2, 0) is 24.1 Å². The lowest BCUT2D eigenvalue weighted by Gasteiger charge is -2.41. The van der Waals surface area contributed by atoms with Crippen molar-refractivity contribution < 1.29 is 19.0 Å². The molecule has 1 unspecified atom stereocenters. The molecule has 6 nitrogen and oxygen atoms in total. The monoisotopic (exact) mass is 452 g/mol. The predicted octanol–water partition coefficient (Wildman–Crippen LogP) is 5.83. The van der Waals surface area contributed by atoms with Gasteiger partial charge in [-0.1, -0.05) is 19.4 Å². The molecule has 2 aromatic carbocycles. The lowest BCUT2D eigenvalue weighted by molar-refractivity contribution is -0.00965. The number of aromatic amines is 1. The van der Waals surface area contributed by atoms with Gasteiger partial charge < -0.3 is 19.2 Å². The first-order valence-electron chi connectivity index (χ1n) is 11.2.